The summed E-state index contributed by atoms with van der Waals surface area (Å²) in [5, 5.41) is 3.93. The summed E-state index contributed by atoms with van der Waals surface area (Å²) in [5.74, 6) is 2.10. The predicted octanol–water partition coefficient (Wildman–Crippen LogP) is 7.17. The predicted molar refractivity (Wildman–Crippen MR) is 119 cm³/mol. The van der Waals surface area contributed by atoms with Gasteiger partial charge in [-0.15, -0.1) is 0 Å². The maximum absolute atomic E-state index is 6.12. The third-order valence-electron chi connectivity index (χ3n) is 4.01. The number of aryl methyl sites for hydroxylation is 1. The van der Waals surface area contributed by atoms with E-state index in [0.717, 1.165) is 54.0 Å². The summed E-state index contributed by atoms with van der Waals surface area (Å²) in [6.45, 7) is 11.9. The van der Waals surface area contributed by atoms with Crippen molar-refractivity contribution < 1.29 is 14.3 Å². The van der Waals surface area contributed by atoms with Crippen LogP contribution in [0.4, 0.5) is 0 Å². The van der Waals surface area contributed by atoms with Gasteiger partial charge in [0.15, 0.2) is 0 Å². The van der Waals surface area contributed by atoms with E-state index in [0.29, 0.717) is 25.7 Å². The second kappa shape index (κ2) is 13.7. The molecule has 0 bridgehead atoms. The van der Waals surface area contributed by atoms with Crippen LogP contribution in [0.2, 0.25) is 0 Å². The number of halogens is 2. The van der Waals surface area contributed by atoms with Crippen LogP contribution in [0, 0.1) is 6.92 Å². The third kappa shape index (κ3) is 10.2. The molecule has 0 atom stereocenters. The van der Waals surface area contributed by atoms with Gasteiger partial charge in [-0.3, -0.25) is 0 Å². The fourth-order valence-electron chi connectivity index (χ4n) is 2.65. The number of nitrogens with zero attached hydrogens (tertiary/aromatic N) is 1. The van der Waals surface area contributed by atoms with Crippen molar-refractivity contribution >= 4 is 28.9 Å². The van der Waals surface area contributed by atoms with E-state index in [1.807, 2.05) is 32.9 Å². The van der Waals surface area contributed by atoms with Crippen molar-refractivity contribution in [3.05, 3.63) is 33.8 Å². The second-order valence-corrected chi connectivity index (χ2v) is 8.26. The van der Waals surface area contributed by atoms with E-state index in [4.69, 9.17) is 37.5 Å². The maximum Gasteiger partial charge on any atom is 0.125 e. The molecule has 0 aliphatic rings. The molecule has 0 unspecified atom stereocenters. The molecular formula is C22H33Cl2NO3. The molecule has 158 valence electrons. The number of ether oxygens (including phenoxy) is 2. The lowest BCUT2D eigenvalue weighted by Gasteiger charge is -2.18. The normalized spacial score (nSPS) is 10.6. The molecule has 0 saturated carbocycles. The summed E-state index contributed by atoms with van der Waals surface area (Å²) in [7, 11) is 0. The van der Waals surface area contributed by atoms with Gasteiger partial charge < -0.3 is 14.3 Å². The number of oxime groups is 1. The highest BCUT2D eigenvalue weighted by Gasteiger charge is 2.13. The van der Waals surface area contributed by atoms with Gasteiger partial charge in [-0.25, -0.2) is 0 Å². The van der Waals surface area contributed by atoms with Crippen molar-refractivity contribution in [3.8, 4) is 11.5 Å². The highest BCUT2D eigenvalue weighted by molar-refractivity contribution is 6.55. The van der Waals surface area contributed by atoms with Crippen LogP contribution in [-0.4, -0.2) is 25.5 Å². The summed E-state index contributed by atoms with van der Waals surface area (Å²) in [6.07, 6.45) is 5.88. The van der Waals surface area contributed by atoms with Crippen molar-refractivity contribution in [2.24, 2.45) is 5.16 Å². The second-order valence-electron chi connectivity index (χ2n) is 7.25. The van der Waals surface area contributed by atoms with E-state index in [9.17, 15) is 0 Å². The molecule has 0 amide bonds. The van der Waals surface area contributed by atoms with E-state index in [2.05, 4.69) is 19.0 Å². The Morgan fingerprint density at radius 2 is 1.71 bits per heavy atom. The van der Waals surface area contributed by atoms with Gasteiger partial charge in [-0.2, -0.15) is 0 Å². The first-order chi connectivity index (χ1) is 13.3. The summed E-state index contributed by atoms with van der Waals surface area (Å²) in [4.78, 5) is 5.21. The minimum atomic E-state index is 0.209. The van der Waals surface area contributed by atoms with Crippen LogP contribution in [0.15, 0.2) is 27.9 Å². The van der Waals surface area contributed by atoms with Crippen molar-refractivity contribution in [2.45, 2.75) is 66.2 Å². The van der Waals surface area contributed by atoms with Gasteiger partial charge in [0.1, 0.15) is 29.2 Å². The monoisotopic (exact) mass is 429 g/mol. The maximum atomic E-state index is 6.12. The molecule has 0 aliphatic heterocycles. The Morgan fingerprint density at radius 3 is 2.32 bits per heavy atom. The van der Waals surface area contributed by atoms with Crippen LogP contribution >= 0.6 is 23.2 Å². The quantitative estimate of drug-likeness (QED) is 0.189. The van der Waals surface area contributed by atoms with Crippen molar-refractivity contribution in [2.75, 3.05) is 19.8 Å². The highest BCUT2D eigenvalue weighted by atomic mass is 35.5. The Kier molecular flexibility index (Phi) is 12.1. The molecule has 1 aromatic rings. The molecule has 6 heteroatoms. The van der Waals surface area contributed by atoms with E-state index < -0.39 is 0 Å². The lowest BCUT2D eigenvalue weighted by Crippen LogP contribution is -2.05. The van der Waals surface area contributed by atoms with E-state index in [1.165, 1.54) is 0 Å². The zero-order valence-corrected chi connectivity index (χ0v) is 19.2. The van der Waals surface area contributed by atoms with Gasteiger partial charge in [0.2, 0.25) is 0 Å². The van der Waals surface area contributed by atoms with Gasteiger partial charge in [-0.1, -0.05) is 42.2 Å². The largest absolute Gasteiger partial charge is 0.493 e. The van der Waals surface area contributed by atoms with Crippen molar-refractivity contribution in [1.29, 1.82) is 0 Å². The Hall–Kier alpha value is -1.39. The number of rotatable bonds is 13. The molecule has 0 spiro atoms. The van der Waals surface area contributed by atoms with Gasteiger partial charge in [0.05, 0.1) is 12.3 Å². The Bertz CT molecular complexity index is 649. The number of unbranched alkanes of at least 4 members (excludes halogenated alkanes) is 3. The standard InChI is InChI=1S/C22H33Cl2NO3/c1-16(2)20-15-19(26-13-10-21(23)24)14-18(5)22(20)27-11-8-6-7-9-12-28-25-17(3)4/h10,14-16H,6-9,11-13H2,1-5H3. The molecule has 0 aromatic heterocycles. The van der Waals surface area contributed by atoms with E-state index >= 15 is 0 Å². The molecule has 0 fully saturated rings. The van der Waals surface area contributed by atoms with Crippen molar-refractivity contribution in [3.63, 3.8) is 0 Å². The average Bonchev–Trinajstić information content (AvgIpc) is 2.60. The molecule has 1 rings (SSSR count). The van der Waals surface area contributed by atoms with Crippen molar-refractivity contribution in [1.82, 2.24) is 0 Å². The molecule has 1 aromatic carbocycles. The first kappa shape index (κ1) is 24.6. The van der Waals surface area contributed by atoms with E-state index in [-0.39, 0.29) is 4.49 Å². The van der Waals surface area contributed by atoms with E-state index in [1.54, 1.807) is 6.08 Å². The van der Waals surface area contributed by atoms with Crippen LogP contribution in [0.1, 0.15) is 70.4 Å². The molecule has 28 heavy (non-hydrogen) atoms. The molecular weight excluding hydrogens is 397 g/mol. The molecule has 4 nitrogen and oxygen atoms in total. The third-order valence-corrected chi connectivity index (χ3v) is 4.32. The smallest absolute Gasteiger partial charge is 0.125 e. The van der Waals surface area contributed by atoms with Crippen LogP contribution in [0.5, 0.6) is 11.5 Å². The Labute approximate surface area is 179 Å². The zero-order valence-electron chi connectivity index (χ0n) is 17.7. The average molecular weight is 430 g/mol. The summed E-state index contributed by atoms with van der Waals surface area (Å²) in [6, 6.07) is 4.03. The van der Waals surface area contributed by atoms with Crippen LogP contribution in [0.25, 0.3) is 0 Å². The van der Waals surface area contributed by atoms with Crippen LogP contribution in [0.3, 0.4) is 0 Å². The molecule has 0 aliphatic carbocycles. The number of benzene rings is 1. The van der Waals surface area contributed by atoms with Crippen LogP contribution in [-0.2, 0) is 4.84 Å². The Balaban J connectivity index is 2.49. The fraction of sp³-hybridized carbons (Fsp3) is 0.591. The van der Waals surface area contributed by atoms with Gasteiger partial charge in [0.25, 0.3) is 0 Å². The molecule has 0 saturated heterocycles. The lowest BCUT2D eigenvalue weighted by molar-refractivity contribution is 0.139. The fourth-order valence-corrected chi connectivity index (χ4v) is 2.77. The lowest BCUT2D eigenvalue weighted by atomic mass is 9.99. The van der Waals surface area contributed by atoms with Gasteiger partial charge in [0, 0.05) is 5.56 Å². The molecule has 0 N–H and O–H groups in total. The topological polar surface area (TPSA) is 40.0 Å². The minimum absolute atomic E-state index is 0.209. The summed E-state index contributed by atoms with van der Waals surface area (Å²) < 4.78 is 12.1. The molecule has 0 radical (unpaired) electrons. The molecule has 0 heterocycles. The van der Waals surface area contributed by atoms with Gasteiger partial charge in [-0.05, 0) is 76.1 Å². The SMILES string of the molecule is CC(C)=NOCCCCCCOc1c(C)cc(OCC=C(Cl)Cl)cc1C(C)C. The zero-order chi connectivity index (χ0) is 20.9. The Morgan fingerprint density at radius 1 is 1.04 bits per heavy atom. The highest BCUT2D eigenvalue weighted by Crippen LogP contribution is 2.34. The number of hydrogen-bond donors (Lipinski definition) is 0. The van der Waals surface area contributed by atoms with Crippen LogP contribution < -0.4 is 9.47 Å². The first-order valence-corrected chi connectivity index (χ1v) is 10.6. The minimum Gasteiger partial charge on any atom is -0.493 e. The first-order valence-electron chi connectivity index (χ1n) is 9.85. The van der Waals surface area contributed by atoms with Gasteiger partial charge >= 0.3 is 0 Å². The number of hydrogen-bond acceptors (Lipinski definition) is 4. The summed E-state index contributed by atoms with van der Waals surface area (Å²) in [5.41, 5.74) is 3.17. The summed E-state index contributed by atoms with van der Waals surface area (Å²) >= 11 is 11.3.